The van der Waals surface area contributed by atoms with Gasteiger partial charge in [0.05, 0.1) is 5.56 Å². The van der Waals surface area contributed by atoms with Gasteiger partial charge in [0.25, 0.3) is 5.56 Å². The molecule has 4 nitrogen and oxygen atoms in total. The van der Waals surface area contributed by atoms with Gasteiger partial charge in [0.15, 0.2) is 0 Å². The van der Waals surface area contributed by atoms with Crippen molar-refractivity contribution in [1.29, 1.82) is 0 Å². The van der Waals surface area contributed by atoms with Gasteiger partial charge in [-0.3, -0.25) is 9.59 Å². The summed E-state index contributed by atoms with van der Waals surface area (Å²) in [6, 6.07) is 6.16. The van der Waals surface area contributed by atoms with Crippen LogP contribution in [0, 0.1) is 0 Å². The first-order valence-electron chi connectivity index (χ1n) is 8.05. The number of nitrogens with zero attached hydrogens (tertiary/aromatic N) is 1. The Hall–Kier alpha value is -2.28. The average Bonchev–Trinajstić information content (AvgIpc) is 2.57. The maximum absolute atomic E-state index is 12.9. The normalized spacial score (nSPS) is 11.5. The maximum Gasteiger partial charge on any atom is 0.417 e. The van der Waals surface area contributed by atoms with E-state index in [1.165, 1.54) is 0 Å². The van der Waals surface area contributed by atoms with Crippen LogP contribution in [0.4, 0.5) is 18.9 Å². The zero-order valence-corrected chi connectivity index (χ0v) is 15.0. The van der Waals surface area contributed by atoms with Crippen LogP contribution in [0.25, 0.3) is 0 Å². The van der Waals surface area contributed by atoms with Crippen molar-refractivity contribution < 1.29 is 18.0 Å². The molecule has 0 spiro atoms. The van der Waals surface area contributed by atoms with Gasteiger partial charge in [-0.05, 0) is 30.0 Å². The molecule has 26 heavy (non-hydrogen) atoms. The zero-order valence-electron chi connectivity index (χ0n) is 14.3. The van der Waals surface area contributed by atoms with E-state index in [-0.39, 0.29) is 0 Å². The molecule has 0 radical (unpaired) electrons. The fraction of sp³-hybridized carbons (Fsp3) is 0.333. The standard InChI is InChI=1S/C18H18ClF3N2O2/c1-3-11-6-5-7-12(4-2)16(11)23-15(25)10-24-9-13(18(20,21)22)8-14(19)17(24)26/h5-9H,3-4,10H2,1-2H3,(H,23,25). The van der Waals surface area contributed by atoms with E-state index < -0.39 is 34.8 Å². The molecule has 0 fully saturated rings. The summed E-state index contributed by atoms with van der Waals surface area (Å²) >= 11 is 5.60. The Morgan fingerprint density at radius 3 is 2.27 bits per heavy atom. The topological polar surface area (TPSA) is 51.1 Å². The highest BCUT2D eigenvalue weighted by atomic mass is 35.5. The zero-order chi connectivity index (χ0) is 19.5. The van der Waals surface area contributed by atoms with Crippen LogP contribution in [0.15, 0.2) is 35.3 Å². The minimum Gasteiger partial charge on any atom is -0.324 e. The Bertz CT molecular complexity index is 853. The Balaban J connectivity index is 2.32. The lowest BCUT2D eigenvalue weighted by atomic mass is 10.0. The number of para-hydroxylation sites is 1. The molecule has 2 aromatic rings. The second-order valence-electron chi connectivity index (χ2n) is 5.71. The van der Waals surface area contributed by atoms with E-state index in [9.17, 15) is 22.8 Å². The van der Waals surface area contributed by atoms with Crippen molar-refractivity contribution in [3.8, 4) is 0 Å². The molecule has 1 amide bonds. The second-order valence-corrected chi connectivity index (χ2v) is 6.12. The molecule has 0 saturated carbocycles. The summed E-state index contributed by atoms with van der Waals surface area (Å²) in [6.45, 7) is 3.30. The van der Waals surface area contributed by atoms with Crippen molar-refractivity contribution in [3.63, 3.8) is 0 Å². The van der Waals surface area contributed by atoms with Gasteiger partial charge in [-0.2, -0.15) is 13.2 Å². The van der Waals surface area contributed by atoms with Crippen LogP contribution in [-0.2, 0) is 30.4 Å². The number of alkyl halides is 3. The number of amides is 1. The van der Waals surface area contributed by atoms with Gasteiger partial charge in [0.1, 0.15) is 11.6 Å². The maximum atomic E-state index is 12.9. The van der Waals surface area contributed by atoms with Gasteiger partial charge in [-0.15, -0.1) is 0 Å². The van der Waals surface area contributed by atoms with Gasteiger partial charge in [-0.1, -0.05) is 43.6 Å². The third kappa shape index (κ3) is 4.46. The van der Waals surface area contributed by atoms with Crippen LogP contribution < -0.4 is 10.9 Å². The molecule has 0 aliphatic carbocycles. The fourth-order valence-corrected chi connectivity index (χ4v) is 2.83. The first kappa shape index (κ1) is 20.0. The molecule has 0 unspecified atom stereocenters. The van der Waals surface area contributed by atoms with E-state index in [0.717, 1.165) is 11.1 Å². The molecule has 140 valence electrons. The molecule has 1 heterocycles. The van der Waals surface area contributed by atoms with Gasteiger partial charge in [0, 0.05) is 11.9 Å². The highest BCUT2D eigenvalue weighted by Gasteiger charge is 2.32. The molecule has 0 saturated heterocycles. The SMILES string of the molecule is CCc1cccc(CC)c1NC(=O)Cn1cc(C(F)(F)F)cc(Cl)c1=O. The van der Waals surface area contributed by atoms with Gasteiger partial charge >= 0.3 is 6.18 Å². The molecule has 0 aliphatic rings. The van der Waals surface area contributed by atoms with Crippen molar-refractivity contribution in [2.24, 2.45) is 0 Å². The lowest BCUT2D eigenvalue weighted by Crippen LogP contribution is -2.29. The Kier molecular flexibility index (Phi) is 6.13. The van der Waals surface area contributed by atoms with Gasteiger partial charge in [-0.25, -0.2) is 0 Å². The summed E-state index contributed by atoms with van der Waals surface area (Å²) < 4.78 is 39.3. The van der Waals surface area contributed by atoms with Crippen LogP contribution in [0.5, 0.6) is 0 Å². The van der Waals surface area contributed by atoms with E-state index in [4.69, 9.17) is 11.6 Å². The molecule has 1 aromatic carbocycles. The highest BCUT2D eigenvalue weighted by molar-refractivity contribution is 6.30. The molecule has 2 rings (SSSR count). The third-order valence-electron chi connectivity index (χ3n) is 3.95. The predicted octanol–water partition coefficient (Wildman–Crippen LogP) is 4.28. The molecular weight excluding hydrogens is 369 g/mol. The first-order valence-corrected chi connectivity index (χ1v) is 8.43. The molecule has 0 atom stereocenters. The number of aryl methyl sites for hydroxylation is 2. The number of halogens is 4. The summed E-state index contributed by atoms with van der Waals surface area (Å²) in [5.41, 5.74) is 0.514. The van der Waals surface area contributed by atoms with Crippen molar-refractivity contribution in [2.45, 2.75) is 39.4 Å². The molecule has 1 N–H and O–H groups in total. The van der Waals surface area contributed by atoms with Gasteiger partial charge < -0.3 is 9.88 Å². The van der Waals surface area contributed by atoms with E-state index in [2.05, 4.69) is 5.32 Å². The van der Waals surface area contributed by atoms with Crippen LogP contribution >= 0.6 is 11.6 Å². The second kappa shape index (κ2) is 7.95. The number of aromatic nitrogens is 1. The highest BCUT2D eigenvalue weighted by Crippen LogP contribution is 2.29. The molecule has 8 heteroatoms. The predicted molar refractivity (Wildman–Crippen MR) is 94.5 cm³/mol. The van der Waals surface area contributed by atoms with Crippen molar-refractivity contribution >= 4 is 23.2 Å². The number of carbonyl (C=O) groups excluding carboxylic acids is 1. The van der Waals surface area contributed by atoms with Crippen LogP contribution in [0.1, 0.15) is 30.5 Å². The quantitative estimate of drug-likeness (QED) is 0.833. The number of pyridine rings is 1. The Morgan fingerprint density at radius 1 is 1.19 bits per heavy atom. The van der Waals surface area contributed by atoms with E-state index in [0.29, 0.717) is 35.4 Å². The van der Waals surface area contributed by atoms with Crippen molar-refractivity contribution in [1.82, 2.24) is 4.57 Å². The Labute approximate surface area is 153 Å². The number of nitrogens with one attached hydrogen (secondary N) is 1. The summed E-state index contributed by atoms with van der Waals surface area (Å²) in [4.78, 5) is 24.3. The molecule has 0 aliphatic heterocycles. The monoisotopic (exact) mass is 386 g/mol. The minimum absolute atomic E-state index is 0.555. The largest absolute Gasteiger partial charge is 0.417 e. The Morgan fingerprint density at radius 2 is 1.77 bits per heavy atom. The minimum atomic E-state index is -4.67. The fourth-order valence-electron chi connectivity index (χ4n) is 2.61. The van der Waals surface area contributed by atoms with Crippen LogP contribution in [0.2, 0.25) is 5.02 Å². The van der Waals surface area contributed by atoms with Crippen molar-refractivity contribution in [2.75, 3.05) is 5.32 Å². The van der Waals surface area contributed by atoms with Gasteiger partial charge in [0.2, 0.25) is 5.91 Å². The number of carbonyl (C=O) groups is 1. The third-order valence-corrected chi connectivity index (χ3v) is 4.22. The summed E-state index contributed by atoms with van der Waals surface area (Å²) in [5, 5.41) is 2.12. The molecule has 0 bridgehead atoms. The van der Waals surface area contributed by atoms with E-state index in [1.807, 2.05) is 32.0 Å². The van der Waals surface area contributed by atoms with Crippen LogP contribution in [0.3, 0.4) is 0 Å². The lowest BCUT2D eigenvalue weighted by molar-refractivity contribution is -0.138. The summed E-state index contributed by atoms with van der Waals surface area (Å²) in [5.74, 6) is -0.599. The number of hydrogen-bond donors (Lipinski definition) is 1. The first-order chi connectivity index (χ1) is 12.2. The number of anilines is 1. The molecular formula is C18H18ClF3N2O2. The average molecular weight is 387 g/mol. The lowest BCUT2D eigenvalue weighted by Gasteiger charge is -2.16. The van der Waals surface area contributed by atoms with Crippen molar-refractivity contribution in [3.05, 3.63) is 62.5 Å². The van der Waals surface area contributed by atoms with Crippen LogP contribution in [-0.4, -0.2) is 10.5 Å². The number of benzene rings is 1. The smallest absolute Gasteiger partial charge is 0.324 e. The summed E-state index contributed by atoms with van der Waals surface area (Å²) in [7, 11) is 0. The number of hydrogen-bond acceptors (Lipinski definition) is 2. The number of rotatable bonds is 5. The molecule has 1 aromatic heterocycles. The van der Waals surface area contributed by atoms with E-state index in [1.54, 1.807) is 0 Å². The summed E-state index contributed by atoms with van der Waals surface area (Å²) in [6.07, 6.45) is -2.71. The van der Waals surface area contributed by atoms with E-state index >= 15 is 0 Å².